The van der Waals surface area contributed by atoms with E-state index in [1.165, 1.54) is 16.7 Å². The maximum absolute atomic E-state index is 12.5. The van der Waals surface area contributed by atoms with Crippen LogP contribution in [-0.2, 0) is 16.0 Å². The van der Waals surface area contributed by atoms with Gasteiger partial charge < -0.3 is 10.1 Å². The van der Waals surface area contributed by atoms with Crippen molar-refractivity contribution in [1.29, 1.82) is 5.26 Å². The van der Waals surface area contributed by atoms with Gasteiger partial charge in [0, 0.05) is 5.69 Å². The second-order valence-corrected chi connectivity index (χ2v) is 7.84. The number of ether oxygens (including phenoxy) is 1. The summed E-state index contributed by atoms with van der Waals surface area (Å²) in [5, 5.41) is 12.2. The summed E-state index contributed by atoms with van der Waals surface area (Å²) in [6.45, 7) is 6.21. The molecular weight excluding hydrogens is 412 g/mol. The van der Waals surface area contributed by atoms with Gasteiger partial charge in [0.25, 0.3) is 5.91 Å². The minimum absolute atomic E-state index is 0.00784. The van der Waals surface area contributed by atoms with Gasteiger partial charge in [0.15, 0.2) is 0 Å². The fraction of sp³-hybridized carbons (Fsp3) is 0.179. The van der Waals surface area contributed by atoms with Crippen molar-refractivity contribution >= 4 is 23.6 Å². The Morgan fingerprint density at radius 3 is 2.15 bits per heavy atom. The largest absolute Gasteiger partial charge is 0.462 e. The summed E-state index contributed by atoms with van der Waals surface area (Å²) < 4.78 is 4.94. The summed E-state index contributed by atoms with van der Waals surface area (Å²) in [6, 6.07) is 22.6. The summed E-state index contributed by atoms with van der Waals surface area (Å²) in [4.78, 5) is 24.3. The molecule has 0 unspecified atom stereocenters. The van der Waals surface area contributed by atoms with E-state index >= 15 is 0 Å². The third kappa shape index (κ3) is 6.65. The zero-order valence-corrected chi connectivity index (χ0v) is 19.0. The van der Waals surface area contributed by atoms with Crippen molar-refractivity contribution in [2.75, 3.05) is 11.9 Å². The molecule has 0 saturated heterocycles. The number of hydrogen-bond donors (Lipinski definition) is 1. The molecule has 166 valence electrons. The molecule has 5 nitrogen and oxygen atoms in total. The molecule has 0 fully saturated rings. The standard InChI is InChI=1S/C28H26N2O3/c1-4-33-28(32)24-9-11-26(12-10-24)30-27(31)25(18-29)17-22-7-5-21(6-8-22)16-23-14-19(2)13-20(3)15-23/h5-15,17H,4,16H2,1-3H3,(H,30,31)/b25-17+. The summed E-state index contributed by atoms with van der Waals surface area (Å²) in [6.07, 6.45) is 2.38. The van der Waals surface area contributed by atoms with E-state index in [0.29, 0.717) is 17.9 Å². The Bertz CT molecular complexity index is 1200. The molecule has 0 aliphatic heterocycles. The SMILES string of the molecule is CCOC(=O)c1ccc(NC(=O)/C(C#N)=C/c2ccc(Cc3cc(C)cc(C)c3)cc2)cc1. The summed E-state index contributed by atoms with van der Waals surface area (Å²) in [5.74, 6) is -0.935. The molecule has 0 aromatic heterocycles. The van der Waals surface area contributed by atoms with Crippen molar-refractivity contribution in [3.63, 3.8) is 0 Å². The number of amides is 1. The number of nitriles is 1. The lowest BCUT2D eigenvalue weighted by Gasteiger charge is -2.07. The van der Waals surface area contributed by atoms with Crippen LogP contribution in [0.5, 0.6) is 0 Å². The van der Waals surface area contributed by atoms with E-state index < -0.39 is 11.9 Å². The van der Waals surface area contributed by atoms with Crippen molar-refractivity contribution in [1.82, 2.24) is 0 Å². The predicted molar refractivity (Wildman–Crippen MR) is 130 cm³/mol. The Morgan fingerprint density at radius 2 is 1.58 bits per heavy atom. The maximum Gasteiger partial charge on any atom is 0.338 e. The predicted octanol–water partition coefficient (Wildman–Crippen LogP) is 5.62. The van der Waals surface area contributed by atoms with Gasteiger partial charge in [-0.3, -0.25) is 4.79 Å². The fourth-order valence-corrected chi connectivity index (χ4v) is 3.56. The lowest BCUT2D eigenvalue weighted by Crippen LogP contribution is -2.13. The highest BCUT2D eigenvalue weighted by molar-refractivity contribution is 6.09. The topological polar surface area (TPSA) is 79.2 Å². The summed E-state index contributed by atoms with van der Waals surface area (Å²) in [5.41, 5.74) is 6.53. The van der Waals surface area contributed by atoms with Gasteiger partial charge in [-0.2, -0.15) is 5.26 Å². The number of benzene rings is 3. The van der Waals surface area contributed by atoms with Gasteiger partial charge in [0.1, 0.15) is 11.6 Å². The Morgan fingerprint density at radius 1 is 0.939 bits per heavy atom. The summed E-state index contributed by atoms with van der Waals surface area (Å²) in [7, 11) is 0. The minimum atomic E-state index is -0.513. The van der Waals surface area contributed by atoms with Gasteiger partial charge >= 0.3 is 5.97 Å². The second-order valence-electron chi connectivity index (χ2n) is 7.84. The minimum Gasteiger partial charge on any atom is -0.462 e. The van der Waals surface area contributed by atoms with E-state index in [9.17, 15) is 14.9 Å². The maximum atomic E-state index is 12.5. The van der Waals surface area contributed by atoms with E-state index in [2.05, 4.69) is 37.4 Å². The second kappa shape index (κ2) is 10.9. The normalized spacial score (nSPS) is 10.9. The first kappa shape index (κ1) is 23.5. The Balaban J connectivity index is 1.67. The van der Waals surface area contributed by atoms with Crippen LogP contribution in [0.4, 0.5) is 5.69 Å². The van der Waals surface area contributed by atoms with Crippen LogP contribution < -0.4 is 5.32 Å². The zero-order valence-electron chi connectivity index (χ0n) is 19.0. The molecule has 1 amide bonds. The molecule has 33 heavy (non-hydrogen) atoms. The van der Waals surface area contributed by atoms with Crippen molar-refractivity contribution in [3.8, 4) is 6.07 Å². The Hall–Kier alpha value is -4.17. The quantitative estimate of drug-likeness (QED) is 0.295. The van der Waals surface area contributed by atoms with Crippen LogP contribution in [0.1, 0.15) is 45.1 Å². The molecule has 0 spiro atoms. The number of nitrogens with zero attached hydrogens (tertiary/aromatic N) is 1. The van der Waals surface area contributed by atoms with E-state index in [4.69, 9.17) is 4.74 Å². The van der Waals surface area contributed by atoms with Gasteiger partial charge in [-0.1, -0.05) is 53.6 Å². The van der Waals surface area contributed by atoms with Gasteiger partial charge in [-0.15, -0.1) is 0 Å². The average Bonchev–Trinajstić information content (AvgIpc) is 2.78. The molecule has 5 heteroatoms. The molecule has 0 radical (unpaired) electrons. The molecule has 0 bridgehead atoms. The number of nitrogens with one attached hydrogen (secondary N) is 1. The van der Waals surface area contributed by atoms with Crippen LogP contribution in [-0.4, -0.2) is 18.5 Å². The Kier molecular flexibility index (Phi) is 7.77. The summed E-state index contributed by atoms with van der Waals surface area (Å²) >= 11 is 0. The van der Waals surface area contributed by atoms with Crippen LogP contribution in [0.2, 0.25) is 0 Å². The van der Waals surface area contributed by atoms with E-state index in [-0.39, 0.29) is 5.57 Å². The van der Waals surface area contributed by atoms with Gasteiger partial charge in [0.2, 0.25) is 0 Å². The van der Waals surface area contributed by atoms with Crippen molar-refractivity contribution in [3.05, 3.63) is 106 Å². The molecule has 0 atom stereocenters. The molecule has 0 aliphatic carbocycles. The Labute approximate surface area is 194 Å². The monoisotopic (exact) mass is 438 g/mol. The number of esters is 1. The smallest absolute Gasteiger partial charge is 0.338 e. The lowest BCUT2D eigenvalue weighted by atomic mass is 9.99. The zero-order chi connectivity index (χ0) is 23.8. The van der Waals surface area contributed by atoms with Crippen LogP contribution in [0, 0.1) is 25.2 Å². The first-order valence-corrected chi connectivity index (χ1v) is 10.7. The highest BCUT2D eigenvalue weighted by Crippen LogP contribution is 2.17. The first-order valence-electron chi connectivity index (χ1n) is 10.7. The number of carbonyl (C=O) groups is 2. The number of anilines is 1. The molecule has 0 saturated carbocycles. The third-order valence-electron chi connectivity index (χ3n) is 5.00. The first-order chi connectivity index (χ1) is 15.9. The molecule has 3 rings (SSSR count). The van der Waals surface area contributed by atoms with Crippen LogP contribution in [0.15, 0.2) is 72.3 Å². The van der Waals surface area contributed by atoms with Crippen LogP contribution in [0.25, 0.3) is 6.08 Å². The molecule has 0 aliphatic rings. The van der Waals surface area contributed by atoms with Crippen molar-refractivity contribution < 1.29 is 14.3 Å². The fourth-order valence-electron chi connectivity index (χ4n) is 3.56. The number of aryl methyl sites for hydroxylation is 2. The molecule has 3 aromatic rings. The van der Waals surface area contributed by atoms with Gasteiger partial charge in [-0.05, 0) is 74.2 Å². The van der Waals surface area contributed by atoms with Crippen LogP contribution >= 0.6 is 0 Å². The van der Waals surface area contributed by atoms with E-state index in [0.717, 1.165) is 17.5 Å². The van der Waals surface area contributed by atoms with Gasteiger partial charge in [0.05, 0.1) is 12.2 Å². The lowest BCUT2D eigenvalue weighted by molar-refractivity contribution is -0.112. The average molecular weight is 439 g/mol. The number of hydrogen-bond acceptors (Lipinski definition) is 4. The number of carbonyl (C=O) groups excluding carboxylic acids is 2. The molecule has 0 heterocycles. The van der Waals surface area contributed by atoms with E-state index in [1.54, 1.807) is 37.3 Å². The number of rotatable bonds is 7. The van der Waals surface area contributed by atoms with E-state index in [1.807, 2.05) is 30.3 Å². The molecule has 1 N–H and O–H groups in total. The highest BCUT2D eigenvalue weighted by atomic mass is 16.5. The molecular formula is C28H26N2O3. The third-order valence-corrected chi connectivity index (χ3v) is 5.00. The highest BCUT2D eigenvalue weighted by Gasteiger charge is 2.11. The van der Waals surface area contributed by atoms with Crippen LogP contribution in [0.3, 0.4) is 0 Å². The molecule has 3 aromatic carbocycles. The van der Waals surface area contributed by atoms with Gasteiger partial charge in [-0.25, -0.2) is 4.79 Å². The van der Waals surface area contributed by atoms with Crippen molar-refractivity contribution in [2.45, 2.75) is 27.2 Å². The van der Waals surface area contributed by atoms with Crippen molar-refractivity contribution in [2.24, 2.45) is 0 Å².